The molecule has 1 unspecified atom stereocenters. The molecule has 1 aliphatic carbocycles. The highest BCUT2D eigenvalue weighted by atomic mass is 32.2. The minimum Gasteiger partial charge on any atom is -0.376 e. The fourth-order valence-corrected chi connectivity index (χ4v) is 4.56. The Hall–Kier alpha value is -1.79. The number of hydrogen-bond donors (Lipinski definition) is 1. The van der Waals surface area contributed by atoms with Crippen molar-refractivity contribution >= 4 is 17.7 Å². The Bertz CT molecular complexity index is 725. The van der Waals surface area contributed by atoms with Crippen molar-refractivity contribution in [1.82, 2.24) is 19.7 Å². The van der Waals surface area contributed by atoms with Gasteiger partial charge in [-0.05, 0) is 25.7 Å². The third-order valence-electron chi connectivity index (χ3n) is 5.36. The van der Waals surface area contributed by atoms with Gasteiger partial charge < -0.3 is 9.64 Å². The summed E-state index contributed by atoms with van der Waals surface area (Å²) in [6.45, 7) is 1.17. The van der Waals surface area contributed by atoms with Gasteiger partial charge in [0.25, 0.3) is 0 Å². The largest absolute Gasteiger partial charge is 0.376 e. The van der Waals surface area contributed by atoms with E-state index in [0.29, 0.717) is 11.7 Å². The van der Waals surface area contributed by atoms with Crippen molar-refractivity contribution < 1.29 is 9.53 Å². The first-order valence-corrected chi connectivity index (χ1v) is 10.1. The van der Waals surface area contributed by atoms with Crippen LogP contribution in [0.25, 0.3) is 0 Å². The lowest BCUT2D eigenvalue weighted by atomic mass is 9.81. The van der Waals surface area contributed by atoms with Crippen molar-refractivity contribution in [3.8, 4) is 6.07 Å². The maximum atomic E-state index is 12.6. The number of thioether (sulfide) groups is 1. The monoisotopic (exact) mass is 379 g/mol. The van der Waals surface area contributed by atoms with Gasteiger partial charge in [0.2, 0.25) is 5.91 Å². The summed E-state index contributed by atoms with van der Waals surface area (Å²) < 4.78 is 7.12. The summed E-state index contributed by atoms with van der Waals surface area (Å²) in [4.78, 5) is 26.2. The zero-order chi connectivity index (χ0) is 18.6. The van der Waals surface area contributed by atoms with Crippen molar-refractivity contribution in [2.75, 3.05) is 19.4 Å². The molecule has 0 radical (unpaired) electrons. The van der Waals surface area contributed by atoms with Gasteiger partial charge in [-0.3, -0.25) is 9.36 Å². The normalized spacial score (nSPS) is 22.1. The number of nitriles is 1. The van der Waals surface area contributed by atoms with Gasteiger partial charge in [0.1, 0.15) is 5.54 Å². The summed E-state index contributed by atoms with van der Waals surface area (Å²) in [5.74, 6) is 0.0352. The molecule has 1 N–H and O–H groups in total. The third kappa shape index (κ3) is 3.96. The summed E-state index contributed by atoms with van der Waals surface area (Å²) in [6.07, 6.45) is 6.45. The molecule has 1 aromatic rings. The summed E-state index contributed by atoms with van der Waals surface area (Å²) in [7, 11) is 1.71. The van der Waals surface area contributed by atoms with E-state index in [2.05, 4.69) is 16.3 Å². The smallest absolute Gasteiger partial charge is 0.344 e. The predicted molar refractivity (Wildman–Crippen MR) is 96.7 cm³/mol. The standard InChI is InChI=1S/C17H25N5O3S/c1-21(17(12-18)7-3-2-4-8-17)14(23)11-26-16-20-19-15(24)22(16)10-13-6-5-9-25-13/h13H,2-11H2,1H3,(H,19,24). The van der Waals surface area contributed by atoms with Crippen molar-refractivity contribution in [1.29, 1.82) is 5.26 Å². The molecule has 26 heavy (non-hydrogen) atoms. The molecule has 0 spiro atoms. The zero-order valence-electron chi connectivity index (χ0n) is 15.1. The lowest BCUT2D eigenvalue weighted by Gasteiger charge is -2.39. The van der Waals surface area contributed by atoms with Crippen LogP contribution in [0.3, 0.4) is 0 Å². The first-order valence-electron chi connectivity index (χ1n) is 9.13. The van der Waals surface area contributed by atoms with E-state index >= 15 is 0 Å². The SMILES string of the molecule is CN(C(=O)CSc1n[nH]c(=O)n1CC1CCCO1)C1(C#N)CCCCC1. The average molecular weight is 379 g/mol. The van der Waals surface area contributed by atoms with Gasteiger partial charge in [-0.2, -0.15) is 5.26 Å². The number of carbonyl (C=O) groups excluding carboxylic acids is 1. The molecular formula is C17H25N5O3S. The van der Waals surface area contributed by atoms with Crippen LogP contribution in [0.1, 0.15) is 44.9 Å². The molecule has 8 nitrogen and oxygen atoms in total. The molecule has 9 heteroatoms. The maximum absolute atomic E-state index is 12.6. The Morgan fingerprint density at radius 3 is 2.88 bits per heavy atom. The first-order chi connectivity index (χ1) is 12.6. The topological polar surface area (TPSA) is 104 Å². The molecule has 2 fully saturated rings. The molecule has 142 valence electrons. The van der Waals surface area contributed by atoms with E-state index in [1.54, 1.807) is 11.9 Å². The second kappa shape index (κ2) is 8.27. The molecule has 2 heterocycles. The van der Waals surface area contributed by atoms with Crippen LogP contribution in [0, 0.1) is 11.3 Å². The van der Waals surface area contributed by atoms with E-state index < -0.39 is 5.54 Å². The number of H-pyrrole nitrogens is 1. The van der Waals surface area contributed by atoms with Crippen LogP contribution in [0.4, 0.5) is 0 Å². The number of nitrogens with zero attached hydrogens (tertiary/aromatic N) is 4. The Kier molecular flexibility index (Phi) is 6.04. The maximum Gasteiger partial charge on any atom is 0.344 e. The van der Waals surface area contributed by atoms with Crippen LogP contribution in [0.15, 0.2) is 9.95 Å². The van der Waals surface area contributed by atoms with Crippen LogP contribution < -0.4 is 5.69 Å². The number of ether oxygens (including phenoxy) is 1. The van der Waals surface area contributed by atoms with E-state index in [9.17, 15) is 14.9 Å². The van der Waals surface area contributed by atoms with E-state index in [4.69, 9.17) is 4.74 Å². The fraction of sp³-hybridized carbons (Fsp3) is 0.765. The van der Waals surface area contributed by atoms with E-state index in [1.165, 1.54) is 16.3 Å². The minimum absolute atomic E-state index is 0.0205. The quantitative estimate of drug-likeness (QED) is 0.752. The summed E-state index contributed by atoms with van der Waals surface area (Å²) in [5, 5.41) is 16.6. The Balaban J connectivity index is 1.62. The van der Waals surface area contributed by atoms with Gasteiger partial charge in [0.05, 0.1) is 24.5 Å². The highest BCUT2D eigenvalue weighted by Gasteiger charge is 2.38. The number of nitrogens with one attached hydrogen (secondary N) is 1. The van der Waals surface area contributed by atoms with Gasteiger partial charge >= 0.3 is 5.69 Å². The Labute approximate surface area is 156 Å². The van der Waals surface area contributed by atoms with E-state index in [-0.39, 0.29) is 23.5 Å². The number of carbonyl (C=O) groups is 1. The molecule has 0 bridgehead atoms. The van der Waals surface area contributed by atoms with Crippen molar-refractivity contribution in [3.05, 3.63) is 10.5 Å². The van der Waals surface area contributed by atoms with Gasteiger partial charge in [-0.1, -0.05) is 31.0 Å². The van der Waals surface area contributed by atoms with Crippen LogP contribution in [-0.2, 0) is 16.1 Å². The first kappa shape index (κ1) is 19.0. The van der Waals surface area contributed by atoms with E-state index in [0.717, 1.165) is 51.6 Å². The van der Waals surface area contributed by atoms with E-state index in [1.807, 2.05) is 0 Å². The molecule has 3 rings (SSSR count). The number of aromatic amines is 1. The summed E-state index contributed by atoms with van der Waals surface area (Å²) >= 11 is 1.23. The molecule has 1 aromatic heterocycles. The van der Waals surface area contributed by atoms with Gasteiger partial charge in [0.15, 0.2) is 5.16 Å². The molecule has 1 saturated carbocycles. The predicted octanol–water partition coefficient (Wildman–Crippen LogP) is 1.53. The number of amides is 1. The zero-order valence-corrected chi connectivity index (χ0v) is 15.9. The lowest BCUT2D eigenvalue weighted by molar-refractivity contribution is -0.131. The summed E-state index contributed by atoms with van der Waals surface area (Å²) in [5.41, 5.74) is -0.983. The Morgan fingerprint density at radius 1 is 1.46 bits per heavy atom. The van der Waals surface area contributed by atoms with Crippen LogP contribution in [0.2, 0.25) is 0 Å². The molecule has 1 aliphatic heterocycles. The van der Waals surface area contributed by atoms with Crippen molar-refractivity contribution in [2.24, 2.45) is 0 Å². The van der Waals surface area contributed by atoms with Crippen LogP contribution in [-0.4, -0.2) is 56.6 Å². The molecule has 1 atom stereocenters. The number of hydrogen-bond acceptors (Lipinski definition) is 6. The molecule has 1 saturated heterocycles. The van der Waals surface area contributed by atoms with Crippen molar-refractivity contribution in [3.63, 3.8) is 0 Å². The number of aromatic nitrogens is 3. The molecule has 2 aliphatic rings. The van der Waals surface area contributed by atoms with Crippen LogP contribution in [0.5, 0.6) is 0 Å². The van der Waals surface area contributed by atoms with Crippen molar-refractivity contribution in [2.45, 2.75) is 68.3 Å². The Morgan fingerprint density at radius 2 is 2.23 bits per heavy atom. The fourth-order valence-electron chi connectivity index (χ4n) is 3.69. The average Bonchev–Trinajstić information content (AvgIpc) is 3.31. The summed E-state index contributed by atoms with van der Waals surface area (Å²) in [6, 6.07) is 2.36. The molecule has 1 amide bonds. The second-order valence-corrected chi connectivity index (χ2v) is 7.94. The third-order valence-corrected chi connectivity index (χ3v) is 6.32. The lowest BCUT2D eigenvalue weighted by Crippen LogP contribution is -2.50. The van der Waals surface area contributed by atoms with Gasteiger partial charge in [-0.25, -0.2) is 9.89 Å². The van der Waals surface area contributed by atoms with Gasteiger partial charge in [-0.15, -0.1) is 5.10 Å². The highest BCUT2D eigenvalue weighted by Crippen LogP contribution is 2.33. The van der Waals surface area contributed by atoms with Crippen LogP contribution >= 0.6 is 11.8 Å². The minimum atomic E-state index is -0.696. The highest BCUT2D eigenvalue weighted by molar-refractivity contribution is 7.99. The molecular weight excluding hydrogens is 354 g/mol. The number of rotatable bonds is 6. The second-order valence-electron chi connectivity index (χ2n) is 7.00. The van der Waals surface area contributed by atoms with Gasteiger partial charge in [0, 0.05) is 13.7 Å². The molecule has 0 aromatic carbocycles.